The maximum Gasteiger partial charge on any atom is 0.258 e. The fourth-order valence-electron chi connectivity index (χ4n) is 1.95. The van der Waals surface area contributed by atoms with Crippen molar-refractivity contribution in [2.45, 2.75) is 19.8 Å². The number of hydrogen-bond donors (Lipinski definition) is 2. The number of H-pyrrole nitrogens is 1. The summed E-state index contributed by atoms with van der Waals surface area (Å²) in [6, 6.07) is 4.96. The molecule has 0 bridgehead atoms. The Bertz CT molecular complexity index is 683. The highest BCUT2D eigenvalue weighted by Crippen LogP contribution is 2.30. The minimum atomic E-state index is -0.341. The van der Waals surface area contributed by atoms with Gasteiger partial charge in [-0.1, -0.05) is 24.9 Å². The predicted octanol–water partition coefficient (Wildman–Crippen LogP) is 2.76. The largest absolute Gasteiger partial charge is 0.496 e. The first-order chi connectivity index (χ1) is 9.56. The van der Waals surface area contributed by atoms with Crippen LogP contribution in [0.5, 0.6) is 11.6 Å². The number of ether oxygens (including phenoxy) is 1. The average Bonchev–Trinajstić information content (AvgIpc) is 2.42. The van der Waals surface area contributed by atoms with Crippen molar-refractivity contribution in [1.82, 2.24) is 9.97 Å². The van der Waals surface area contributed by atoms with Gasteiger partial charge in [-0.2, -0.15) is 4.98 Å². The maximum absolute atomic E-state index is 12.0. The molecule has 5 nitrogen and oxygen atoms in total. The lowest BCUT2D eigenvalue weighted by Crippen LogP contribution is -2.15. The summed E-state index contributed by atoms with van der Waals surface area (Å²) < 4.78 is 5.21. The molecule has 2 rings (SSSR count). The monoisotopic (exact) mass is 294 g/mol. The Labute approximate surface area is 121 Å². The van der Waals surface area contributed by atoms with Gasteiger partial charge in [-0.3, -0.25) is 4.79 Å². The van der Waals surface area contributed by atoms with Gasteiger partial charge in [-0.15, -0.1) is 0 Å². The zero-order chi connectivity index (χ0) is 14.7. The highest BCUT2D eigenvalue weighted by molar-refractivity contribution is 6.30. The normalized spacial score (nSPS) is 10.6. The Morgan fingerprint density at radius 3 is 2.80 bits per heavy atom. The molecule has 1 heterocycles. The van der Waals surface area contributed by atoms with E-state index in [4.69, 9.17) is 16.3 Å². The molecule has 2 aromatic rings. The molecule has 0 atom stereocenters. The Morgan fingerprint density at radius 2 is 2.20 bits per heavy atom. The van der Waals surface area contributed by atoms with Crippen molar-refractivity contribution in [2.24, 2.45) is 0 Å². The van der Waals surface area contributed by atoms with Gasteiger partial charge in [0.05, 0.1) is 18.2 Å². The summed E-state index contributed by atoms with van der Waals surface area (Å²) in [6.45, 7) is 1.93. The number of aromatic nitrogens is 2. The van der Waals surface area contributed by atoms with E-state index in [1.54, 1.807) is 18.2 Å². The minimum Gasteiger partial charge on any atom is -0.496 e. The number of hydrogen-bond acceptors (Lipinski definition) is 4. The van der Waals surface area contributed by atoms with E-state index in [-0.39, 0.29) is 17.3 Å². The molecule has 0 aliphatic heterocycles. The zero-order valence-corrected chi connectivity index (χ0v) is 12.0. The molecule has 1 aromatic carbocycles. The second-order valence-corrected chi connectivity index (χ2v) is 4.75. The topological polar surface area (TPSA) is 75.2 Å². The van der Waals surface area contributed by atoms with Crippen LogP contribution in [0.15, 0.2) is 23.0 Å². The first-order valence-electron chi connectivity index (χ1n) is 6.22. The third-order valence-electron chi connectivity index (χ3n) is 2.91. The molecule has 0 aliphatic rings. The molecular formula is C14H15ClN2O3. The summed E-state index contributed by atoms with van der Waals surface area (Å²) in [7, 11) is 1.50. The zero-order valence-electron chi connectivity index (χ0n) is 11.2. The van der Waals surface area contributed by atoms with Crippen LogP contribution >= 0.6 is 11.6 Å². The molecule has 0 aliphatic carbocycles. The summed E-state index contributed by atoms with van der Waals surface area (Å²) >= 11 is 5.89. The maximum atomic E-state index is 12.0. The van der Waals surface area contributed by atoms with Crippen molar-refractivity contribution in [3.05, 3.63) is 39.1 Å². The van der Waals surface area contributed by atoms with Crippen molar-refractivity contribution in [1.29, 1.82) is 0 Å². The smallest absolute Gasteiger partial charge is 0.258 e. The van der Waals surface area contributed by atoms with Crippen molar-refractivity contribution >= 4 is 11.6 Å². The molecule has 0 amide bonds. The third-order valence-corrected chi connectivity index (χ3v) is 3.15. The van der Waals surface area contributed by atoms with E-state index in [1.165, 1.54) is 7.11 Å². The van der Waals surface area contributed by atoms with E-state index >= 15 is 0 Å². The van der Waals surface area contributed by atoms with Gasteiger partial charge >= 0.3 is 0 Å². The minimum absolute atomic E-state index is 0.248. The van der Waals surface area contributed by atoms with E-state index < -0.39 is 0 Å². The molecule has 0 radical (unpaired) electrons. The highest BCUT2D eigenvalue weighted by Gasteiger charge is 2.14. The van der Waals surface area contributed by atoms with Gasteiger partial charge in [0.25, 0.3) is 5.56 Å². The Morgan fingerprint density at radius 1 is 1.45 bits per heavy atom. The molecule has 1 aromatic heterocycles. The number of halogens is 1. The molecule has 0 saturated heterocycles. The lowest BCUT2D eigenvalue weighted by atomic mass is 10.1. The summed E-state index contributed by atoms with van der Waals surface area (Å²) in [6.07, 6.45) is 1.23. The van der Waals surface area contributed by atoms with E-state index in [0.717, 1.165) is 6.42 Å². The summed E-state index contributed by atoms with van der Waals surface area (Å²) in [5.74, 6) is 0.478. The van der Waals surface area contributed by atoms with Crippen LogP contribution in [0.3, 0.4) is 0 Å². The Balaban J connectivity index is 2.57. The number of methoxy groups -OCH3 is 1. The standard InChI is InChI=1S/C14H15ClN2O3/c1-3-4-10-13(18)16-12(17-14(10)19)9-6-5-8(15)7-11(9)20-2/h5-7H,3-4H2,1-2H3,(H2,16,17,18,19). The molecule has 106 valence electrons. The lowest BCUT2D eigenvalue weighted by molar-refractivity contribution is 0.415. The van der Waals surface area contributed by atoms with Crippen LogP contribution in [0.25, 0.3) is 11.4 Å². The second kappa shape index (κ2) is 5.96. The predicted molar refractivity (Wildman–Crippen MR) is 77.5 cm³/mol. The van der Waals surface area contributed by atoms with Crippen LogP contribution < -0.4 is 10.3 Å². The number of nitrogens with zero attached hydrogens (tertiary/aromatic N) is 1. The van der Waals surface area contributed by atoms with Crippen LogP contribution in [-0.2, 0) is 6.42 Å². The van der Waals surface area contributed by atoms with Crippen molar-refractivity contribution in [2.75, 3.05) is 7.11 Å². The fraction of sp³-hybridized carbons (Fsp3) is 0.286. The lowest BCUT2D eigenvalue weighted by Gasteiger charge is -2.09. The van der Waals surface area contributed by atoms with E-state index in [1.807, 2.05) is 6.92 Å². The van der Waals surface area contributed by atoms with Gasteiger partial charge < -0.3 is 14.8 Å². The molecule has 2 N–H and O–H groups in total. The second-order valence-electron chi connectivity index (χ2n) is 4.31. The Hall–Kier alpha value is -2.01. The molecule has 0 unspecified atom stereocenters. The molecule has 6 heteroatoms. The van der Waals surface area contributed by atoms with Crippen LogP contribution in [-0.4, -0.2) is 22.2 Å². The summed E-state index contributed by atoms with van der Waals surface area (Å²) in [5, 5.41) is 10.4. The van der Waals surface area contributed by atoms with Gasteiger partial charge in [0, 0.05) is 5.02 Å². The molecular weight excluding hydrogens is 280 g/mol. The third kappa shape index (κ3) is 2.77. The molecule has 0 spiro atoms. The van der Waals surface area contributed by atoms with Crippen LogP contribution in [0.4, 0.5) is 0 Å². The highest BCUT2D eigenvalue weighted by atomic mass is 35.5. The van der Waals surface area contributed by atoms with Crippen LogP contribution in [0.2, 0.25) is 5.02 Å². The SMILES string of the molecule is CCCc1c(O)nc(-c2ccc(Cl)cc2OC)[nH]c1=O. The summed E-state index contributed by atoms with van der Waals surface area (Å²) in [4.78, 5) is 18.7. The first kappa shape index (κ1) is 14.4. The van der Waals surface area contributed by atoms with Gasteiger partial charge in [-0.25, -0.2) is 0 Å². The van der Waals surface area contributed by atoms with Crippen LogP contribution in [0, 0.1) is 0 Å². The number of benzene rings is 1. The quantitative estimate of drug-likeness (QED) is 0.909. The van der Waals surface area contributed by atoms with E-state index in [2.05, 4.69) is 9.97 Å². The fourth-order valence-corrected chi connectivity index (χ4v) is 2.11. The van der Waals surface area contributed by atoms with Gasteiger partial charge in [0.2, 0.25) is 5.88 Å². The average molecular weight is 295 g/mol. The van der Waals surface area contributed by atoms with Crippen LogP contribution in [0.1, 0.15) is 18.9 Å². The number of rotatable bonds is 4. The van der Waals surface area contributed by atoms with Crippen molar-refractivity contribution < 1.29 is 9.84 Å². The van der Waals surface area contributed by atoms with Gasteiger partial charge in [-0.05, 0) is 24.6 Å². The molecule has 0 fully saturated rings. The summed E-state index contributed by atoms with van der Waals surface area (Å²) in [5.41, 5.74) is 0.517. The molecule has 20 heavy (non-hydrogen) atoms. The van der Waals surface area contributed by atoms with Gasteiger partial charge in [0.1, 0.15) is 11.6 Å². The molecule has 0 saturated carbocycles. The van der Waals surface area contributed by atoms with E-state index in [0.29, 0.717) is 28.3 Å². The van der Waals surface area contributed by atoms with Crippen molar-refractivity contribution in [3.8, 4) is 23.0 Å². The van der Waals surface area contributed by atoms with E-state index in [9.17, 15) is 9.90 Å². The number of aromatic amines is 1. The van der Waals surface area contributed by atoms with Crippen molar-refractivity contribution in [3.63, 3.8) is 0 Å². The first-order valence-corrected chi connectivity index (χ1v) is 6.60. The number of aromatic hydroxyl groups is 1. The number of nitrogens with one attached hydrogen (secondary N) is 1. The Kier molecular flexibility index (Phi) is 4.29. The van der Waals surface area contributed by atoms with Gasteiger partial charge in [0.15, 0.2) is 0 Å².